The smallest absolute Gasteiger partial charge is 0.152 e. The molecule has 4 heteroatoms. The third-order valence-electron chi connectivity index (χ3n) is 10.4. The maximum Gasteiger partial charge on any atom is 0.152 e. The second-order valence-electron chi connectivity index (χ2n) is 13.2. The fraction of sp³-hybridized carbons (Fsp3) is 0. The lowest BCUT2D eigenvalue weighted by Gasteiger charge is -2.17. The summed E-state index contributed by atoms with van der Waals surface area (Å²) in [6.07, 6.45) is 1.90. The van der Waals surface area contributed by atoms with Gasteiger partial charge < -0.3 is 13.6 Å². The van der Waals surface area contributed by atoms with Gasteiger partial charge in [-0.1, -0.05) is 103 Å². The molecular weight excluding hydrogens is 623 g/mol. The van der Waals surface area contributed by atoms with E-state index in [2.05, 4.69) is 161 Å². The van der Waals surface area contributed by atoms with E-state index in [1.165, 1.54) is 32.6 Å². The summed E-state index contributed by atoms with van der Waals surface area (Å²) in [6, 6.07) is 60.6. The molecule has 8 aromatic carbocycles. The van der Waals surface area contributed by atoms with Gasteiger partial charge in [0.25, 0.3) is 0 Å². The molecule has 0 saturated heterocycles. The van der Waals surface area contributed by atoms with Crippen molar-refractivity contribution < 1.29 is 4.42 Å². The van der Waals surface area contributed by atoms with Crippen molar-refractivity contribution in [1.82, 2.24) is 14.1 Å². The average molecular weight is 652 g/mol. The highest BCUT2D eigenvalue weighted by Gasteiger charge is 2.17. The molecule has 0 amide bonds. The van der Waals surface area contributed by atoms with Crippen LogP contribution in [0.2, 0.25) is 0 Å². The number of hydrogen-bond donors (Lipinski definition) is 0. The lowest BCUT2D eigenvalue weighted by atomic mass is 9.95. The highest BCUT2D eigenvalue weighted by atomic mass is 16.3. The van der Waals surface area contributed by atoms with Crippen molar-refractivity contribution in [1.29, 1.82) is 0 Å². The lowest BCUT2D eigenvalue weighted by Crippen LogP contribution is -2.00. The SMILES string of the molecule is c1ccc(-n2c3ccccc3oc3cc4c(cc32)c2ccccc2c2cc(-n3c5ccccc5c5ccccc53)ccc2c2cccnc24)cc1. The van der Waals surface area contributed by atoms with Crippen molar-refractivity contribution in [3.63, 3.8) is 0 Å². The molecule has 0 fully saturated rings. The molecule has 0 saturated carbocycles. The predicted octanol–water partition coefficient (Wildman–Crippen LogP) is 12.6. The summed E-state index contributed by atoms with van der Waals surface area (Å²) in [5.74, 6) is 0. The van der Waals surface area contributed by atoms with E-state index in [4.69, 9.17) is 9.40 Å². The molecule has 0 unspecified atom stereocenters. The molecule has 0 spiro atoms. The largest absolute Gasteiger partial charge is 0.453 e. The molecule has 0 aliphatic rings. The fourth-order valence-electron chi connectivity index (χ4n) is 8.20. The van der Waals surface area contributed by atoms with E-state index >= 15 is 0 Å². The molecule has 11 aromatic rings. The Balaban J connectivity index is 1.34. The second-order valence-corrected chi connectivity index (χ2v) is 13.2. The quantitative estimate of drug-likeness (QED) is 0.174. The molecular formula is C47H29N3O. The van der Waals surface area contributed by atoms with E-state index in [0.29, 0.717) is 0 Å². The first-order valence-corrected chi connectivity index (χ1v) is 17.3. The van der Waals surface area contributed by atoms with Gasteiger partial charge in [-0.2, -0.15) is 0 Å². The number of fused-ring (bicyclic) bond motifs is 13. The molecule has 3 heterocycles. The van der Waals surface area contributed by atoms with E-state index in [1.807, 2.05) is 24.4 Å². The minimum absolute atomic E-state index is 0.799. The first kappa shape index (κ1) is 28.0. The minimum Gasteiger partial charge on any atom is -0.453 e. The Morgan fingerprint density at radius 3 is 1.65 bits per heavy atom. The van der Waals surface area contributed by atoms with E-state index < -0.39 is 0 Å². The van der Waals surface area contributed by atoms with Gasteiger partial charge in [0.2, 0.25) is 0 Å². The highest BCUT2D eigenvalue weighted by molar-refractivity contribution is 6.26. The molecule has 0 N–H and O–H groups in total. The Hall–Kier alpha value is -6.91. The Morgan fingerprint density at radius 2 is 0.902 bits per heavy atom. The van der Waals surface area contributed by atoms with Gasteiger partial charge in [-0.3, -0.25) is 4.98 Å². The molecule has 4 nitrogen and oxygen atoms in total. The number of rotatable bonds is 2. The van der Waals surface area contributed by atoms with E-state index in [1.54, 1.807) is 0 Å². The molecule has 3 aromatic heterocycles. The normalized spacial score (nSPS) is 11.9. The zero-order valence-electron chi connectivity index (χ0n) is 27.5. The van der Waals surface area contributed by atoms with Crippen LogP contribution in [0.1, 0.15) is 0 Å². The third kappa shape index (κ3) is 4.11. The zero-order valence-corrected chi connectivity index (χ0v) is 27.5. The van der Waals surface area contributed by atoms with Crippen molar-refractivity contribution in [2.75, 3.05) is 0 Å². The van der Waals surface area contributed by atoms with Crippen LogP contribution in [0, 0.1) is 0 Å². The van der Waals surface area contributed by atoms with E-state index in [0.717, 1.165) is 66.0 Å². The number of benzene rings is 7. The van der Waals surface area contributed by atoms with Gasteiger partial charge in [-0.15, -0.1) is 0 Å². The van der Waals surface area contributed by atoms with Crippen molar-refractivity contribution in [3.05, 3.63) is 176 Å². The molecule has 11 rings (SSSR count). The van der Waals surface area contributed by atoms with Crippen LogP contribution >= 0.6 is 0 Å². The molecule has 0 radical (unpaired) electrons. The van der Waals surface area contributed by atoms with Crippen molar-refractivity contribution in [2.24, 2.45) is 0 Å². The molecule has 0 aliphatic carbocycles. The highest BCUT2D eigenvalue weighted by Crippen LogP contribution is 2.40. The number of para-hydroxylation sites is 5. The van der Waals surface area contributed by atoms with Gasteiger partial charge in [-0.05, 0) is 93.7 Å². The third-order valence-corrected chi connectivity index (χ3v) is 10.4. The van der Waals surface area contributed by atoms with Crippen LogP contribution in [0.15, 0.2) is 180 Å². The van der Waals surface area contributed by atoms with Gasteiger partial charge in [0.05, 0.1) is 27.6 Å². The molecule has 0 bridgehead atoms. The molecule has 238 valence electrons. The standard InChI is InChI=1S/C47H29N3O/c1-2-13-30(14-3-1)49-43-22-10-11-23-45(43)51-46-29-40-39(28-44(46)49)33-16-5-4-15-32(33)38-27-31(24-25-34(38)37-19-12-26-48-47(37)40)50-41-20-8-6-17-35(41)36-18-7-9-21-42(36)50/h1-29H. The summed E-state index contributed by atoms with van der Waals surface area (Å²) in [5.41, 5.74) is 9.14. The average Bonchev–Trinajstić information content (AvgIpc) is 3.53. The van der Waals surface area contributed by atoms with Crippen molar-refractivity contribution in [2.45, 2.75) is 0 Å². The zero-order chi connectivity index (χ0) is 33.5. The maximum absolute atomic E-state index is 6.69. The van der Waals surface area contributed by atoms with Gasteiger partial charge in [0, 0.05) is 39.1 Å². The van der Waals surface area contributed by atoms with Crippen LogP contribution in [0.25, 0.3) is 98.6 Å². The molecule has 51 heavy (non-hydrogen) atoms. The van der Waals surface area contributed by atoms with Crippen LogP contribution < -0.4 is 0 Å². The Kier molecular flexibility index (Phi) is 5.92. The summed E-state index contributed by atoms with van der Waals surface area (Å²) >= 11 is 0. The van der Waals surface area contributed by atoms with Crippen LogP contribution in [0.4, 0.5) is 0 Å². The number of hydrogen-bond acceptors (Lipinski definition) is 2. The maximum atomic E-state index is 6.69. The lowest BCUT2D eigenvalue weighted by molar-refractivity contribution is 0.654. The van der Waals surface area contributed by atoms with Crippen LogP contribution in [-0.2, 0) is 0 Å². The Bertz CT molecular complexity index is 3200. The van der Waals surface area contributed by atoms with Crippen LogP contribution in [-0.4, -0.2) is 14.1 Å². The fourth-order valence-corrected chi connectivity index (χ4v) is 8.20. The summed E-state index contributed by atoms with van der Waals surface area (Å²) in [6.45, 7) is 0. The number of pyridine rings is 1. The Labute approximate surface area is 292 Å². The van der Waals surface area contributed by atoms with Crippen LogP contribution in [0.3, 0.4) is 0 Å². The summed E-state index contributed by atoms with van der Waals surface area (Å²) < 4.78 is 11.4. The predicted molar refractivity (Wildman–Crippen MR) is 213 cm³/mol. The van der Waals surface area contributed by atoms with Crippen molar-refractivity contribution >= 4 is 87.2 Å². The molecule has 0 aliphatic heterocycles. The van der Waals surface area contributed by atoms with Crippen LogP contribution in [0.5, 0.6) is 0 Å². The second kappa shape index (κ2) is 10.8. The van der Waals surface area contributed by atoms with Gasteiger partial charge in [0.15, 0.2) is 11.2 Å². The number of nitrogens with zero attached hydrogens (tertiary/aromatic N) is 3. The first-order valence-electron chi connectivity index (χ1n) is 17.3. The summed E-state index contributed by atoms with van der Waals surface area (Å²) in [5, 5.41) is 10.4. The first-order chi connectivity index (χ1) is 25.3. The summed E-state index contributed by atoms with van der Waals surface area (Å²) in [4.78, 5) is 5.08. The Morgan fingerprint density at radius 1 is 0.333 bits per heavy atom. The van der Waals surface area contributed by atoms with Crippen molar-refractivity contribution in [3.8, 4) is 11.4 Å². The monoisotopic (exact) mass is 651 g/mol. The van der Waals surface area contributed by atoms with E-state index in [9.17, 15) is 0 Å². The molecule has 0 atom stereocenters. The number of aromatic nitrogens is 3. The van der Waals surface area contributed by atoms with Gasteiger partial charge in [-0.25, -0.2) is 0 Å². The van der Waals surface area contributed by atoms with E-state index in [-0.39, 0.29) is 0 Å². The minimum atomic E-state index is 0.799. The van der Waals surface area contributed by atoms with Gasteiger partial charge >= 0.3 is 0 Å². The summed E-state index contributed by atoms with van der Waals surface area (Å²) in [7, 11) is 0. The van der Waals surface area contributed by atoms with Gasteiger partial charge in [0.1, 0.15) is 0 Å². The topological polar surface area (TPSA) is 35.9 Å².